The Bertz CT molecular complexity index is 604. The Morgan fingerprint density at radius 3 is 3.11 bits per heavy atom. The van der Waals surface area contributed by atoms with Crippen LogP contribution in [0.4, 0.5) is 5.82 Å². The third kappa shape index (κ3) is 2.10. The lowest BCUT2D eigenvalue weighted by Gasteiger charge is -2.27. The molecule has 1 N–H and O–H groups in total. The summed E-state index contributed by atoms with van der Waals surface area (Å²) in [7, 11) is 0. The molecule has 0 bridgehead atoms. The summed E-state index contributed by atoms with van der Waals surface area (Å²) in [6, 6.07) is 0.352. The summed E-state index contributed by atoms with van der Waals surface area (Å²) in [6.07, 6.45) is 6.41. The highest BCUT2D eigenvalue weighted by Crippen LogP contribution is 2.29. The van der Waals surface area contributed by atoms with E-state index in [1.54, 1.807) is 10.6 Å². The molecule has 3 heterocycles. The molecule has 19 heavy (non-hydrogen) atoms. The summed E-state index contributed by atoms with van der Waals surface area (Å²) in [6.45, 7) is 3.05. The molecule has 1 saturated heterocycles. The van der Waals surface area contributed by atoms with E-state index in [-0.39, 0.29) is 0 Å². The van der Waals surface area contributed by atoms with Gasteiger partial charge < -0.3 is 10.0 Å². The number of aromatic carboxylic acids is 1. The molecule has 2 aromatic heterocycles. The average molecular weight is 279 g/mol. The number of hydrogen-bond acceptors (Lipinski definition) is 4. The number of carbonyl (C=O) groups is 1. The summed E-state index contributed by atoms with van der Waals surface area (Å²) in [5, 5.41) is 11.3. The van der Waals surface area contributed by atoms with Crippen molar-refractivity contribution >= 4 is 28.1 Å². The Morgan fingerprint density at radius 1 is 1.47 bits per heavy atom. The van der Waals surface area contributed by atoms with Crippen LogP contribution in [0.15, 0.2) is 11.6 Å². The zero-order chi connectivity index (χ0) is 13.4. The van der Waals surface area contributed by atoms with Gasteiger partial charge in [0.25, 0.3) is 0 Å². The van der Waals surface area contributed by atoms with Crippen molar-refractivity contribution in [2.45, 2.75) is 38.6 Å². The minimum absolute atomic E-state index is 0.296. The molecule has 2 aromatic rings. The number of thiazole rings is 1. The Kier molecular flexibility index (Phi) is 3.18. The van der Waals surface area contributed by atoms with Gasteiger partial charge in [-0.2, -0.15) is 0 Å². The summed E-state index contributed by atoms with van der Waals surface area (Å²) in [5.74, 6) is -0.272. The second kappa shape index (κ2) is 4.85. The number of anilines is 1. The first-order valence-corrected chi connectivity index (χ1v) is 7.52. The van der Waals surface area contributed by atoms with Gasteiger partial charge in [-0.25, -0.2) is 9.78 Å². The molecule has 102 valence electrons. The first kappa shape index (κ1) is 12.5. The molecule has 3 rings (SSSR count). The summed E-state index contributed by atoms with van der Waals surface area (Å²) in [5.41, 5.74) is 0.296. The number of rotatable bonds is 2. The molecule has 0 amide bonds. The Morgan fingerprint density at radius 2 is 2.32 bits per heavy atom. The maximum Gasteiger partial charge on any atom is 0.356 e. The van der Waals surface area contributed by atoms with Gasteiger partial charge in [0.05, 0.1) is 0 Å². The first-order chi connectivity index (χ1) is 9.18. The van der Waals surface area contributed by atoms with Gasteiger partial charge in [0, 0.05) is 24.2 Å². The molecule has 0 aromatic carbocycles. The van der Waals surface area contributed by atoms with Gasteiger partial charge >= 0.3 is 5.97 Å². The molecule has 1 atom stereocenters. The molecule has 0 radical (unpaired) electrons. The van der Waals surface area contributed by atoms with E-state index in [1.807, 2.05) is 5.38 Å². The molecular weight excluding hydrogens is 262 g/mol. The monoisotopic (exact) mass is 279 g/mol. The highest BCUT2D eigenvalue weighted by atomic mass is 32.1. The highest BCUT2D eigenvalue weighted by Gasteiger charge is 2.27. The molecule has 1 unspecified atom stereocenters. The van der Waals surface area contributed by atoms with E-state index in [0.29, 0.717) is 17.6 Å². The zero-order valence-corrected chi connectivity index (χ0v) is 11.7. The summed E-state index contributed by atoms with van der Waals surface area (Å²) in [4.78, 5) is 19.0. The molecule has 1 aliphatic heterocycles. The van der Waals surface area contributed by atoms with Crippen LogP contribution in [0.1, 0.15) is 43.1 Å². The van der Waals surface area contributed by atoms with E-state index < -0.39 is 5.97 Å². The van der Waals surface area contributed by atoms with Gasteiger partial charge in [-0.3, -0.25) is 4.40 Å². The maximum absolute atomic E-state index is 11.5. The van der Waals surface area contributed by atoms with Crippen LogP contribution in [-0.4, -0.2) is 33.0 Å². The van der Waals surface area contributed by atoms with Crippen LogP contribution in [0.2, 0.25) is 0 Å². The van der Waals surface area contributed by atoms with E-state index in [9.17, 15) is 9.90 Å². The Labute approximate surface area is 115 Å². The van der Waals surface area contributed by atoms with Crippen molar-refractivity contribution in [2.75, 3.05) is 11.4 Å². The fraction of sp³-hybridized carbons (Fsp3) is 0.538. The lowest BCUT2D eigenvalue weighted by atomic mass is 10.1. The van der Waals surface area contributed by atoms with Crippen LogP contribution < -0.4 is 4.90 Å². The van der Waals surface area contributed by atoms with Crippen LogP contribution in [-0.2, 0) is 0 Å². The fourth-order valence-corrected chi connectivity index (χ4v) is 3.47. The Hall–Kier alpha value is -1.56. The number of hydrogen-bond donors (Lipinski definition) is 1. The van der Waals surface area contributed by atoms with Gasteiger partial charge in [0.1, 0.15) is 0 Å². The van der Waals surface area contributed by atoms with Crippen LogP contribution >= 0.6 is 11.3 Å². The van der Waals surface area contributed by atoms with E-state index in [4.69, 9.17) is 0 Å². The standard InChI is InChI=1S/C13H17N3O2S/c1-9-5-3-2-4-6-15(9)11-10(12(17)18)16-7-8-19-13(16)14-11/h7-9H,2-6H2,1H3,(H,17,18). The predicted molar refractivity (Wildman–Crippen MR) is 75.3 cm³/mol. The number of nitrogens with zero attached hydrogens (tertiary/aromatic N) is 3. The lowest BCUT2D eigenvalue weighted by molar-refractivity contribution is 0.0690. The lowest BCUT2D eigenvalue weighted by Crippen LogP contribution is -2.34. The second-order valence-electron chi connectivity index (χ2n) is 5.04. The molecule has 6 heteroatoms. The van der Waals surface area contributed by atoms with Crippen LogP contribution in [0.25, 0.3) is 4.96 Å². The fourth-order valence-electron chi connectivity index (χ4n) is 2.76. The van der Waals surface area contributed by atoms with Crippen molar-refractivity contribution in [2.24, 2.45) is 0 Å². The van der Waals surface area contributed by atoms with Crippen molar-refractivity contribution in [3.63, 3.8) is 0 Å². The quantitative estimate of drug-likeness (QED) is 0.918. The minimum Gasteiger partial charge on any atom is -0.476 e. The van der Waals surface area contributed by atoms with Gasteiger partial charge in [0.2, 0.25) is 0 Å². The van der Waals surface area contributed by atoms with Crippen LogP contribution in [0.5, 0.6) is 0 Å². The van der Waals surface area contributed by atoms with E-state index in [0.717, 1.165) is 24.3 Å². The molecule has 1 fully saturated rings. The maximum atomic E-state index is 11.5. The Balaban J connectivity index is 2.09. The number of carboxylic acid groups (broad SMARTS) is 1. The van der Waals surface area contributed by atoms with Gasteiger partial charge in [-0.15, -0.1) is 11.3 Å². The van der Waals surface area contributed by atoms with E-state index >= 15 is 0 Å². The van der Waals surface area contributed by atoms with E-state index in [2.05, 4.69) is 16.8 Å². The highest BCUT2D eigenvalue weighted by molar-refractivity contribution is 7.15. The van der Waals surface area contributed by atoms with Crippen molar-refractivity contribution in [3.8, 4) is 0 Å². The molecule has 0 aliphatic carbocycles. The molecular formula is C13H17N3O2S. The van der Waals surface area contributed by atoms with Crippen molar-refractivity contribution < 1.29 is 9.90 Å². The van der Waals surface area contributed by atoms with Crippen molar-refractivity contribution in [3.05, 3.63) is 17.3 Å². The number of imidazole rings is 1. The second-order valence-corrected chi connectivity index (χ2v) is 5.91. The normalized spacial score (nSPS) is 20.7. The van der Waals surface area contributed by atoms with Gasteiger partial charge in [-0.05, 0) is 19.8 Å². The smallest absolute Gasteiger partial charge is 0.356 e. The van der Waals surface area contributed by atoms with Gasteiger partial charge in [-0.1, -0.05) is 12.8 Å². The van der Waals surface area contributed by atoms with Crippen molar-refractivity contribution in [1.29, 1.82) is 0 Å². The number of carboxylic acids is 1. The summed E-state index contributed by atoms with van der Waals surface area (Å²) >= 11 is 1.47. The van der Waals surface area contributed by atoms with Crippen molar-refractivity contribution in [1.82, 2.24) is 9.38 Å². The van der Waals surface area contributed by atoms with Gasteiger partial charge in [0.15, 0.2) is 16.5 Å². The largest absolute Gasteiger partial charge is 0.476 e. The van der Waals surface area contributed by atoms with Crippen LogP contribution in [0, 0.1) is 0 Å². The minimum atomic E-state index is -0.905. The average Bonchev–Trinajstić information content (AvgIpc) is 2.86. The molecule has 5 nitrogen and oxygen atoms in total. The number of aromatic nitrogens is 2. The first-order valence-electron chi connectivity index (χ1n) is 6.64. The predicted octanol–water partition coefficient (Wildman–Crippen LogP) is 2.86. The molecule has 1 aliphatic rings. The SMILES string of the molecule is CC1CCCCCN1c1nc2sccn2c1C(=O)O. The number of fused-ring (bicyclic) bond motifs is 1. The zero-order valence-electron chi connectivity index (χ0n) is 10.9. The third-order valence-electron chi connectivity index (χ3n) is 3.77. The molecule has 0 saturated carbocycles. The topological polar surface area (TPSA) is 57.8 Å². The summed E-state index contributed by atoms with van der Waals surface area (Å²) < 4.78 is 1.68. The van der Waals surface area contributed by atoms with E-state index in [1.165, 1.54) is 24.2 Å². The van der Waals surface area contributed by atoms with Crippen LogP contribution in [0.3, 0.4) is 0 Å². The third-order valence-corrected chi connectivity index (χ3v) is 4.53. The molecule has 0 spiro atoms.